The van der Waals surface area contributed by atoms with Crippen LogP contribution in [0.2, 0.25) is 5.02 Å². The number of nitrogens with one attached hydrogen (secondary N) is 1. The van der Waals surface area contributed by atoms with Crippen LogP contribution in [0.25, 0.3) is 0 Å². The van der Waals surface area contributed by atoms with Crippen LogP contribution in [0.4, 0.5) is 8.78 Å². The molecule has 120 valence electrons. The molecule has 3 nitrogen and oxygen atoms in total. The number of hydrogen-bond acceptors (Lipinski definition) is 3. The molecule has 21 heavy (non-hydrogen) atoms. The Balaban J connectivity index is 2.64. The zero-order valence-electron chi connectivity index (χ0n) is 12.5. The Morgan fingerprint density at radius 2 is 2.05 bits per heavy atom. The molecule has 0 fully saturated rings. The van der Waals surface area contributed by atoms with Gasteiger partial charge in [-0.25, -0.2) is 0 Å². The van der Waals surface area contributed by atoms with E-state index in [1.165, 1.54) is 12.1 Å². The van der Waals surface area contributed by atoms with Crippen molar-refractivity contribution < 1.29 is 18.6 Å². The smallest absolute Gasteiger partial charge is 0.387 e. The number of halogens is 3. The normalized spacial score (nSPS) is 14.5. The Kier molecular flexibility index (Phi) is 6.84. The first kappa shape index (κ1) is 18.1. The molecule has 6 heteroatoms. The molecular weight excluding hydrogens is 300 g/mol. The van der Waals surface area contributed by atoms with Crippen LogP contribution in [0.15, 0.2) is 18.2 Å². The molecule has 0 heterocycles. The molecule has 1 rings (SSSR count). The minimum absolute atomic E-state index is 0.0883. The molecule has 1 aromatic rings. The summed E-state index contributed by atoms with van der Waals surface area (Å²) in [6, 6.07) is 4.49. The molecule has 1 atom stereocenters. The van der Waals surface area contributed by atoms with E-state index in [1.807, 2.05) is 13.8 Å². The van der Waals surface area contributed by atoms with Crippen molar-refractivity contribution in [2.24, 2.45) is 5.92 Å². The fourth-order valence-electron chi connectivity index (χ4n) is 2.32. The van der Waals surface area contributed by atoms with Crippen molar-refractivity contribution in [3.05, 3.63) is 28.8 Å². The molecule has 0 aromatic heterocycles. The Bertz CT molecular complexity index is 453. The van der Waals surface area contributed by atoms with Crippen LogP contribution in [0.3, 0.4) is 0 Å². The maximum Gasteiger partial charge on any atom is 0.387 e. The number of ether oxygens (including phenoxy) is 1. The van der Waals surface area contributed by atoms with Gasteiger partial charge in [-0.2, -0.15) is 8.78 Å². The van der Waals surface area contributed by atoms with E-state index in [9.17, 15) is 13.9 Å². The van der Waals surface area contributed by atoms with Crippen molar-refractivity contribution in [3.8, 4) is 5.75 Å². The average molecular weight is 322 g/mol. The molecule has 1 unspecified atom stereocenters. The number of aliphatic hydroxyl groups is 1. The van der Waals surface area contributed by atoms with Gasteiger partial charge in [0, 0.05) is 23.7 Å². The van der Waals surface area contributed by atoms with Crippen LogP contribution in [-0.2, 0) is 6.54 Å². The second-order valence-electron chi connectivity index (χ2n) is 5.83. The Morgan fingerprint density at radius 1 is 1.38 bits per heavy atom. The minimum Gasteiger partial charge on any atom is -0.434 e. The van der Waals surface area contributed by atoms with Crippen molar-refractivity contribution in [1.82, 2.24) is 5.32 Å². The van der Waals surface area contributed by atoms with Gasteiger partial charge in [0.15, 0.2) is 0 Å². The van der Waals surface area contributed by atoms with Gasteiger partial charge in [0.25, 0.3) is 0 Å². The summed E-state index contributed by atoms with van der Waals surface area (Å²) in [7, 11) is 0. The predicted octanol–water partition coefficient (Wildman–Crippen LogP) is 3.83. The van der Waals surface area contributed by atoms with Gasteiger partial charge in [0.1, 0.15) is 5.75 Å². The molecule has 0 saturated carbocycles. The fraction of sp³-hybridized carbons (Fsp3) is 0.600. The van der Waals surface area contributed by atoms with Crippen molar-refractivity contribution in [2.75, 3.05) is 6.54 Å². The largest absolute Gasteiger partial charge is 0.434 e. The molecule has 0 radical (unpaired) electrons. The van der Waals surface area contributed by atoms with E-state index >= 15 is 0 Å². The zero-order chi connectivity index (χ0) is 16.0. The lowest BCUT2D eigenvalue weighted by Gasteiger charge is -2.26. The van der Waals surface area contributed by atoms with E-state index in [4.69, 9.17) is 11.6 Å². The summed E-state index contributed by atoms with van der Waals surface area (Å²) in [6.45, 7) is 3.56. The summed E-state index contributed by atoms with van der Waals surface area (Å²) in [5, 5.41) is 13.7. The topological polar surface area (TPSA) is 41.5 Å². The number of rotatable bonds is 8. The lowest BCUT2D eigenvalue weighted by atomic mass is 9.94. The molecule has 0 aliphatic rings. The summed E-state index contributed by atoms with van der Waals surface area (Å²) in [5.41, 5.74) is -0.320. The second-order valence-corrected chi connectivity index (χ2v) is 6.27. The highest BCUT2D eigenvalue weighted by Crippen LogP contribution is 2.24. The first-order valence-corrected chi connectivity index (χ1v) is 7.24. The van der Waals surface area contributed by atoms with Crippen LogP contribution in [0, 0.1) is 5.92 Å². The molecule has 0 saturated heterocycles. The number of alkyl halides is 2. The van der Waals surface area contributed by atoms with Crippen molar-refractivity contribution in [3.63, 3.8) is 0 Å². The van der Waals surface area contributed by atoms with Gasteiger partial charge >= 0.3 is 6.61 Å². The zero-order valence-corrected chi connectivity index (χ0v) is 13.3. The molecule has 0 aliphatic heterocycles. The Hall–Kier alpha value is -0.910. The highest BCUT2D eigenvalue weighted by atomic mass is 35.5. The van der Waals surface area contributed by atoms with Gasteiger partial charge in [-0.05, 0) is 37.5 Å². The lowest BCUT2D eigenvalue weighted by molar-refractivity contribution is -0.0505. The molecule has 0 spiro atoms. The third-order valence-corrected chi connectivity index (χ3v) is 3.14. The van der Waals surface area contributed by atoms with Crippen molar-refractivity contribution >= 4 is 11.6 Å². The van der Waals surface area contributed by atoms with Crippen LogP contribution in [0.5, 0.6) is 5.75 Å². The number of hydrogen-bond donors (Lipinski definition) is 2. The number of benzene rings is 1. The van der Waals surface area contributed by atoms with Crippen molar-refractivity contribution in [1.29, 1.82) is 0 Å². The molecule has 1 aromatic carbocycles. The van der Waals surface area contributed by atoms with E-state index in [0.29, 0.717) is 29.5 Å². The van der Waals surface area contributed by atoms with Gasteiger partial charge in [-0.1, -0.05) is 25.4 Å². The van der Waals surface area contributed by atoms with Gasteiger partial charge in [-0.3, -0.25) is 0 Å². The Morgan fingerprint density at radius 3 is 2.62 bits per heavy atom. The average Bonchev–Trinajstić information content (AvgIpc) is 2.30. The van der Waals surface area contributed by atoms with Crippen LogP contribution in [0.1, 0.15) is 32.8 Å². The maximum absolute atomic E-state index is 12.3. The molecular formula is C15H22ClF2NO2. The first-order valence-electron chi connectivity index (χ1n) is 6.86. The maximum atomic E-state index is 12.3. The minimum atomic E-state index is -2.88. The molecule has 0 amide bonds. The monoisotopic (exact) mass is 321 g/mol. The summed E-state index contributed by atoms with van der Waals surface area (Å²) >= 11 is 5.87. The van der Waals surface area contributed by atoms with E-state index in [-0.39, 0.29) is 12.3 Å². The summed E-state index contributed by atoms with van der Waals surface area (Å²) in [4.78, 5) is 0. The summed E-state index contributed by atoms with van der Waals surface area (Å²) in [5.74, 6) is 0.455. The highest BCUT2D eigenvalue weighted by molar-refractivity contribution is 6.30. The molecule has 0 aliphatic carbocycles. The van der Waals surface area contributed by atoms with Crippen LogP contribution >= 0.6 is 11.6 Å². The second kappa shape index (κ2) is 7.92. The molecule has 2 N–H and O–H groups in total. The quantitative estimate of drug-likeness (QED) is 0.764. The van der Waals surface area contributed by atoms with E-state index in [0.717, 1.165) is 0 Å². The van der Waals surface area contributed by atoms with E-state index < -0.39 is 12.2 Å². The highest BCUT2D eigenvalue weighted by Gasteiger charge is 2.21. The van der Waals surface area contributed by atoms with Gasteiger partial charge in [0.2, 0.25) is 0 Å². The SMILES string of the molecule is CC(C)CC(C)(O)CNCc1cc(Cl)ccc1OC(F)F. The standard InChI is InChI=1S/C15H22ClF2NO2/c1-10(2)7-15(3,20)9-19-8-11-6-12(16)4-5-13(11)21-14(17)18/h4-6,10,14,19-20H,7-9H2,1-3H3. The lowest BCUT2D eigenvalue weighted by Crippen LogP contribution is -2.38. The molecule has 0 bridgehead atoms. The predicted molar refractivity (Wildman–Crippen MR) is 79.9 cm³/mol. The Labute approximate surface area is 129 Å². The van der Waals surface area contributed by atoms with Crippen LogP contribution in [-0.4, -0.2) is 23.9 Å². The van der Waals surface area contributed by atoms with E-state index in [1.54, 1.807) is 13.0 Å². The van der Waals surface area contributed by atoms with Gasteiger partial charge < -0.3 is 15.2 Å². The summed E-state index contributed by atoms with van der Waals surface area (Å²) in [6.07, 6.45) is 0.649. The first-order chi connectivity index (χ1) is 9.69. The third-order valence-electron chi connectivity index (χ3n) is 2.91. The van der Waals surface area contributed by atoms with Crippen molar-refractivity contribution in [2.45, 2.75) is 45.9 Å². The third kappa shape index (κ3) is 7.07. The fourth-order valence-corrected chi connectivity index (χ4v) is 2.51. The summed E-state index contributed by atoms with van der Waals surface area (Å²) < 4.78 is 29.1. The van der Waals surface area contributed by atoms with Gasteiger partial charge in [0.05, 0.1) is 5.60 Å². The van der Waals surface area contributed by atoms with E-state index in [2.05, 4.69) is 10.1 Å². The van der Waals surface area contributed by atoms with Gasteiger partial charge in [-0.15, -0.1) is 0 Å². The van der Waals surface area contributed by atoms with Crippen LogP contribution < -0.4 is 10.1 Å².